The second-order valence-corrected chi connectivity index (χ2v) is 5.69. The van der Waals surface area contributed by atoms with Gasteiger partial charge in [0.1, 0.15) is 5.82 Å². The van der Waals surface area contributed by atoms with Gasteiger partial charge in [-0.3, -0.25) is 0 Å². The summed E-state index contributed by atoms with van der Waals surface area (Å²) in [4.78, 5) is 1.93. The molecule has 0 bridgehead atoms. The molecule has 2 aliphatic rings. The fraction of sp³-hybridized carbons (Fsp3) is 0.105. The van der Waals surface area contributed by atoms with Gasteiger partial charge in [-0.25, -0.2) is 4.39 Å². The van der Waals surface area contributed by atoms with Crippen LogP contribution in [0.2, 0.25) is 0 Å². The molecule has 1 unspecified atom stereocenters. The third-order valence-electron chi connectivity index (χ3n) is 4.40. The summed E-state index contributed by atoms with van der Waals surface area (Å²) in [7, 11) is 0. The Morgan fingerprint density at radius 2 is 2.13 bits per heavy atom. The monoisotopic (exact) mass is 303 g/mol. The molecular formula is C19H14FN3. The predicted molar refractivity (Wildman–Crippen MR) is 89.6 cm³/mol. The average Bonchev–Trinajstić information content (AvgIpc) is 2.91. The molecule has 2 aromatic carbocycles. The van der Waals surface area contributed by atoms with Crippen LogP contribution in [0.15, 0.2) is 54.6 Å². The Kier molecular flexibility index (Phi) is 2.95. The number of fused-ring (bicyclic) bond motifs is 3. The van der Waals surface area contributed by atoms with E-state index in [0.29, 0.717) is 22.6 Å². The molecule has 0 amide bonds. The van der Waals surface area contributed by atoms with E-state index in [4.69, 9.17) is 5.73 Å². The zero-order valence-electron chi connectivity index (χ0n) is 12.3. The lowest BCUT2D eigenvalue weighted by atomic mass is 9.96. The van der Waals surface area contributed by atoms with Gasteiger partial charge in [-0.2, -0.15) is 5.26 Å². The first-order valence-corrected chi connectivity index (χ1v) is 7.45. The molecule has 2 aromatic rings. The summed E-state index contributed by atoms with van der Waals surface area (Å²) >= 11 is 0. The molecule has 0 saturated carbocycles. The third-order valence-corrected chi connectivity index (χ3v) is 4.40. The lowest BCUT2D eigenvalue weighted by Gasteiger charge is -2.29. The molecule has 0 spiro atoms. The van der Waals surface area contributed by atoms with E-state index in [1.807, 2.05) is 23.1 Å². The number of hydrogen-bond acceptors (Lipinski definition) is 3. The van der Waals surface area contributed by atoms with E-state index in [-0.39, 0.29) is 11.9 Å². The number of halogens is 1. The first-order valence-electron chi connectivity index (χ1n) is 7.45. The van der Waals surface area contributed by atoms with Gasteiger partial charge in [0.05, 0.1) is 34.7 Å². The smallest absolute Gasteiger partial charge is 0.147 e. The van der Waals surface area contributed by atoms with Gasteiger partial charge in [-0.15, -0.1) is 0 Å². The Hall–Kier alpha value is -3.06. The summed E-state index contributed by atoms with van der Waals surface area (Å²) in [6.07, 6.45) is 6.86. The quantitative estimate of drug-likeness (QED) is 0.805. The van der Waals surface area contributed by atoms with Crippen LogP contribution in [-0.4, -0.2) is 6.04 Å². The van der Waals surface area contributed by atoms with E-state index in [2.05, 4.69) is 12.1 Å². The Morgan fingerprint density at radius 1 is 1.26 bits per heavy atom. The summed E-state index contributed by atoms with van der Waals surface area (Å²) in [5.74, 6) is -0.278. The van der Waals surface area contributed by atoms with Crippen LogP contribution in [0.3, 0.4) is 0 Å². The van der Waals surface area contributed by atoms with Gasteiger partial charge in [0.2, 0.25) is 0 Å². The lowest BCUT2D eigenvalue weighted by molar-refractivity contribution is 0.624. The van der Waals surface area contributed by atoms with E-state index < -0.39 is 0 Å². The van der Waals surface area contributed by atoms with E-state index in [1.54, 1.807) is 24.3 Å². The molecule has 1 atom stereocenters. The summed E-state index contributed by atoms with van der Waals surface area (Å²) in [6, 6.07) is 12.4. The van der Waals surface area contributed by atoms with Crippen molar-refractivity contribution >= 4 is 22.6 Å². The van der Waals surface area contributed by atoms with Gasteiger partial charge < -0.3 is 10.6 Å². The summed E-state index contributed by atoms with van der Waals surface area (Å²) < 4.78 is 14.6. The van der Waals surface area contributed by atoms with Crippen molar-refractivity contribution in [2.45, 2.75) is 12.5 Å². The van der Waals surface area contributed by atoms with Gasteiger partial charge in [-0.05, 0) is 36.3 Å². The molecule has 1 aliphatic carbocycles. The van der Waals surface area contributed by atoms with Crippen molar-refractivity contribution in [3.63, 3.8) is 0 Å². The number of rotatable bonds is 1. The molecule has 0 saturated heterocycles. The molecule has 0 fully saturated rings. The molecule has 23 heavy (non-hydrogen) atoms. The topological polar surface area (TPSA) is 53.1 Å². The summed E-state index contributed by atoms with van der Waals surface area (Å²) in [6.45, 7) is 0. The van der Waals surface area contributed by atoms with Gasteiger partial charge in [0.15, 0.2) is 0 Å². The van der Waals surface area contributed by atoms with Crippen LogP contribution < -0.4 is 10.6 Å². The third kappa shape index (κ3) is 1.94. The highest BCUT2D eigenvalue weighted by Crippen LogP contribution is 2.49. The van der Waals surface area contributed by atoms with Crippen molar-refractivity contribution in [1.82, 2.24) is 0 Å². The van der Waals surface area contributed by atoms with Crippen molar-refractivity contribution in [1.29, 1.82) is 5.26 Å². The normalized spacial score (nSPS) is 18.2. The van der Waals surface area contributed by atoms with Crippen LogP contribution in [0.1, 0.15) is 17.5 Å². The fourth-order valence-corrected chi connectivity index (χ4v) is 3.39. The molecule has 2 N–H and O–H groups in total. The number of nitrogens with two attached hydrogens (primary N) is 1. The number of nitriles is 1. The fourth-order valence-electron chi connectivity index (χ4n) is 3.39. The molecule has 0 radical (unpaired) electrons. The van der Waals surface area contributed by atoms with E-state index >= 15 is 0 Å². The van der Waals surface area contributed by atoms with Gasteiger partial charge >= 0.3 is 0 Å². The first-order chi connectivity index (χ1) is 11.2. The molecule has 1 aliphatic heterocycles. The zero-order valence-corrected chi connectivity index (χ0v) is 12.3. The Balaban J connectivity index is 1.98. The van der Waals surface area contributed by atoms with Gasteiger partial charge in [-0.1, -0.05) is 30.4 Å². The van der Waals surface area contributed by atoms with Crippen LogP contribution in [0.25, 0.3) is 5.57 Å². The highest BCUT2D eigenvalue weighted by atomic mass is 19.1. The predicted octanol–water partition coefficient (Wildman–Crippen LogP) is 4.14. The number of nitrogens with zero attached hydrogens (tertiary/aromatic N) is 2. The second kappa shape index (κ2) is 4.99. The minimum absolute atomic E-state index is 0.00291. The van der Waals surface area contributed by atoms with Gasteiger partial charge in [0, 0.05) is 5.56 Å². The van der Waals surface area contributed by atoms with Crippen molar-refractivity contribution in [2.75, 3.05) is 10.6 Å². The molecule has 4 rings (SSSR count). The number of allylic oxidation sites excluding steroid dienone is 2. The SMILES string of the molecule is N#Cc1ccc(N)c(N2c3c(F)cccc3C3=CC=CCC32)c1. The largest absolute Gasteiger partial charge is 0.397 e. The van der Waals surface area contributed by atoms with Crippen LogP contribution in [0, 0.1) is 17.1 Å². The number of anilines is 3. The molecule has 1 heterocycles. The second-order valence-electron chi connectivity index (χ2n) is 5.69. The summed E-state index contributed by atoms with van der Waals surface area (Å²) in [5.41, 5.74) is 10.4. The van der Waals surface area contributed by atoms with Crippen LogP contribution in [0.5, 0.6) is 0 Å². The van der Waals surface area contributed by atoms with Gasteiger partial charge in [0.25, 0.3) is 0 Å². The van der Waals surface area contributed by atoms with Crippen LogP contribution in [0.4, 0.5) is 21.5 Å². The number of hydrogen-bond donors (Lipinski definition) is 1. The number of nitrogen functional groups attached to an aromatic ring is 1. The average molecular weight is 303 g/mol. The molecule has 4 heteroatoms. The van der Waals surface area contributed by atoms with E-state index in [1.165, 1.54) is 6.07 Å². The zero-order chi connectivity index (χ0) is 16.0. The molecule has 3 nitrogen and oxygen atoms in total. The van der Waals surface area contributed by atoms with Crippen molar-refractivity contribution in [3.05, 3.63) is 71.6 Å². The van der Waals surface area contributed by atoms with Crippen LogP contribution >= 0.6 is 0 Å². The first kappa shape index (κ1) is 13.6. The maximum absolute atomic E-state index is 14.6. The minimum Gasteiger partial charge on any atom is -0.397 e. The number of para-hydroxylation sites is 1. The molecular weight excluding hydrogens is 289 g/mol. The van der Waals surface area contributed by atoms with E-state index in [9.17, 15) is 9.65 Å². The standard InChI is InChI=1S/C19H14FN3/c20-15-6-3-5-14-13-4-1-2-7-17(13)23(19(14)15)18-10-12(11-21)8-9-16(18)22/h1-6,8-10,17H,7,22H2. The Bertz CT molecular complexity index is 905. The van der Waals surface area contributed by atoms with Crippen molar-refractivity contribution < 1.29 is 4.39 Å². The Labute approximate surface area is 133 Å². The highest BCUT2D eigenvalue weighted by Gasteiger charge is 2.37. The highest BCUT2D eigenvalue weighted by molar-refractivity contribution is 5.95. The van der Waals surface area contributed by atoms with E-state index in [0.717, 1.165) is 17.6 Å². The lowest BCUT2D eigenvalue weighted by Crippen LogP contribution is -2.28. The molecule has 0 aromatic heterocycles. The Morgan fingerprint density at radius 3 is 2.96 bits per heavy atom. The van der Waals surface area contributed by atoms with Crippen molar-refractivity contribution in [3.8, 4) is 6.07 Å². The van der Waals surface area contributed by atoms with Crippen LogP contribution in [-0.2, 0) is 0 Å². The summed E-state index contributed by atoms with van der Waals surface area (Å²) in [5, 5.41) is 9.17. The number of benzene rings is 2. The minimum atomic E-state index is -0.278. The maximum atomic E-state index is 14.6. The molecule has 112 valence electrons. The maximum Gasteiger partial charge on any atom is 0.147 e. The van der Waals surface area contributed by atoms with Crippen molar-refractivity contribution in [2.24, 2.45) is 0 Å².